The Kier molecular flexibility index (Phi) is 5.29. The molecular formula is C17H23N7O2S. The van der Waals surface area contributed by atoms with Gasteiger partial charge in [-0.25, -0.2) is 14.5 Å². The van der Waals surface area contributed by atoms with E-state index >= 15 is 0 Å². The molecule has 8 N–H and O–H groups in total. The van der Waals surface area contributed by atoms with Gasteiger partial charge in [0, 0.05) is 18.2 Å². The van der Waals surface area contributed by atoms with E-state index in [-0.39, 0.29) is 17.3 Å². The van der Waals surface area contributed by atoms with Crippen molar-refractivity contribution in [2.45, 2.75) is 37.4 Å². The maximum atomic E-state index is 11.6. The summed E-state index contributed by atoms with van der Waals surface area (Å²) in [5.41, 5.74) is 20.2. The number of nitrogen functional groups attached to an aromatic ring is 1. The Labute approximate surface area is 161 Å². The average Bonchev–Trinajstić information content (AvgIpc) is 3.36. The molecule has 10 heteroatoms. The van der Waals surface area contributed by atoms with Gasteiger partial charge in [0.15, 0.2) is 5.96 Å². The molecule has 1 saturated carbocycles. The van der Waals surface area contributed by atoms with Gasteiger partial charge in [0.2, 0.25) is 0 Å². The molecule has 1 aliphatic carbocycles. The topological polar surface area (TPSA) is 158 Å². The van der Waals surface area contributed by atoms with E-state index in [4.69, 9.17) is 17.2 Å². The Bertz CT molecular complexity index is 914. The summed E-state index contributed by atoms with van der Waals surface area (Å²) in [6.45, 7) is 2.49. The van der Waals surface area contributed by atoms with E-state index in [0.29, 0.717) is 29.0 Å². The molecule has 0 saturated heterocycles. The first-order chi connectivity index (χ1) is 12.8. The number of rotatable bonds is 7. The van der Waals surface area contributed by atoms with E-state index in [2.05, 4.69) is 15.4 Å². The normalized spacial score (nSPS) is 13.6. The fourth-order valence-electron chi connectivity index (χ4n) is 2.81. The Morgan fingerprint density at radius 1 is 1.44 bits per heavy atom. The first kappa shape index (κ1) is 19.1. The van der Waals surface area contributed by atoms with Crippen molar-refractivity contribution in [3.63, 3.8) is 0 Å². The lowest BCUT2D eigenvalue weighted by Crippen LogP contribution is -2.22. The number of carboxylic acid groups (broad SMARTS) is 1. The molecule has 0 spiro atoms. The Morgan fingerprint density at radius 3 is 2.67 bits per heavy atom. The second-order valence-corrected chi connectivity index (χ2v) is 7.23. The van der Waals surface area contributed by atoms with Crippen molar-refractivity contribution in [3.8, 4) is 5.69 Å². The summed E-state index contributed by atoms with van der Waals surface area (Å²) in [5.74, 6) is -1.10. The highest BCUT2D eigenvalue weighted by atomic mass is 32.2. The summed E-state index contributed by atoms with van der Waals surface area (Å²) >= 11 is 1.23. The molecule has 3 rings (SSSR count). The second kappa shape index (κ2) is 7.49. The molecule has 27 heavy (non-hydrogen) atoms. The first-order valence-corrected chi connectivity index (χ1v) is 9.67. The van der Waals surface area contributed by atoms with E-state index in [1.54, 1.807) is 6.26 Å². The molecule has 144 valence electrons. The molecule has 0 unspecified atom stereocenters. The molecule has 1 heterocycles. The van der Waals surface area contributed by atoms with Crippen LogP contribution in [0.1, 0.15) is 34.3 Å². The summed E-state index contributed by atoms with van der Waals surface area (Å²) in [4.78, 5) is 15.8. The van der Waals surface area contributed by atoms with Crippen molar-refractivity contribution in [3.05, 3.63) is 28.8 Å². The average molecular weight is 389 g/mol. The minimum atomic E-state index is -1.11. The quantitative estimate of drug-likeness (QED) is 0.270. The van der Waals surface area contributed by atoms with Crippen molar-refractivity contribution in [2.75, 3.05) is 12.0 Å². The molecule has 1 fully saturated rings. The van der Waals surface area contributed by atoms with Gasteiger partial charge < -0.3 is 27.6 Å². The van der Waals surface area contributed by atoms with Crippen molar-refractivity contribution in [1.29, 1.82) is 0 Å². The van der Waals surface area contributed by atoms with Gasteiger partial charge in [0.1, 0.15) is 16.4 Å². The lowest BCUT2D eigenvalue weighted by molar-refractivity contribution is 0.0694. The number of carbonyl (C=O) groups is 1. The highest BCUT2D eigenvalue weighted by molar-refractivity contribution is 7.98. The number of aliphatic imine (C=N–C) groups is 1. The molecule has 1 aromatic heterocycles. The number of nitrogens with one attached hydrogen (secondary N) is 1. The summed E-state index contributed by atoms with van der Waals surface area (Å²) in [5, 5.41) is 17.7. The number of guanidine groups is 1. The Balaban J connectivity index is 2.14. The lowest BCUT2D eigenvalue weighted by atomic mass is 10.1. The van der Waals surface area contributed by atoms with Crippen LogP contribution in [0, 0.1) is 6.92 Å². The number of hydrogen-bond donors (Lipinski definition) is 5. The molecule has 2 aromatic rings. The van der Waals surface area contributed by atoms with Gasteiger partial charge >= 0.3 is 5.97 Å². The van der Waals surface area contributed by atoms with Crippen LogP contribution in [-0.4, -0.2) is 39.1 Å². The van der Waals surface area contributed by atoms with Crippen molar-refractivity contribution >= 4 is 35.2 Å². The van der Waals surface area contributed by atoms with Crippen LogP contribution in [0.2, 0.25) is 0 Å². The number of nitrogens with two attached hydrogens (primary N) is 3. The third kappa shape index (κ3) is 4.01. The predicted molar refractivity (Wildman–Crippen MR) is 107 cm³/mol. The molecule has 9 nitrogen and oxygen atoms in total. The number of hydrogen-bond acceptors (Lipinski definition) is 6. The zero-order chi connectivity index (χ0) is 19.7. The number of nitrogens with zero attached hydrogens (tertiary/aromatic N) is 3. The SMILES string of the molecule is CSc1nn(-c2cc(CNC3CC3)cc(N=C(N)N)c2C)c(N)c1C(=O)O. The fourth-order valence-corrected chi connectivity index (χ4v) is 3.36. The smallest absolute Gasteiger partial charge is 0.342 e. The van der Waals surface area contributed by atoms with Crippen LogP contribution < -0.4 is 22.5 Å². The number of aromatic nitrogens is 2. The van der Waals surface area contributed by atoms with Gasteiger partial charge in [0.05, 0.1) is 11.4 Å². The Morgan fingerprint density at radius 2 is 2.15 bits per heavy atom. The monoisotopic (exact) mass is 389 g/mol. The lowest BCUT2D eigenvalue weighted by Gasteiger charge is -2.14. The third-order valence-corrected chi connectivity index (χ3v) is 5.03. The van der Waals surface area contributed by atoms with Gasteiger partial charge in [-0.15, -0.1) is 11.8 Å². The van der Waals surface area contributed by atoms with Gasteiger partial charge in [0.25, 0.3) is 0 Å². The van der Waals surface area contributed by atoms with E-state index in [9.17, 15) is 9.90 Å². The molecule has 0 amide bonds. The standard InChI is InChI=1S/C17H23N7O2S/c1-8-11(22-17(19)20)5-9(7-21-10-3-4-10)6-12(8)24-14(18)13(16(25)26)15(23-24)27-2/h5-6,10,21H,3-4,7,18H2,1-2H3,(H,25,26)(H4,19,20,22). The van der Waals surface area contributed by atoms with Crippen LogP contribution >= 0.6 is 11.8 Å². The van der Waals surface area contributed by atoms with E-state index in [1.807, 2.05) is 19.1 Å². The molecule has 0 radical (unpaired) electrons. The number of aromatic carboxylic acids is 1. The van der Waals surface area contributed by atoms with Crippen LogP contribution in [0.15, 0.2) is 22.2 Å². The fraction of sp³-hybridized carbons (Fsp3) is 0.353. The minimum Gasteiger partial charge on any atom is -0.477 e. The number of thioether (sulfide) groups is 1. The number of anilines is 1. The molecule has 0 aliphatic heterocycles. The minimum absolute atomic E-state index is 0.00759. The maximum Gasteiger partial charge on any atom is 0.342 e. The zero-order valence-corrected chi connectivity index (χ0v) is 16.0. The van der Waals surface area contributed by atoms with Crippen LogP contribution in [-0.2, 0) is 6.54 Å². The van der Waals surface area contributed by atoms with Gasteiger partial charge in [-0.2, -0.15) is 5.10 Å². The second-order valence-electron chi connectivity index (χ2n) is 6.44. The summed E-state index contributed by atoms with van der Waals surface area (Å²) in [6.07, 6.45) is 4.10. The van der Waals surface area contributed by atoms with Gasteiger partial charge in [-0.05, 0) is 43.7 Å². The molecule has 0 atom stereocenters. The van der Waals surface area contributed by atoms with E-state index in [0.717, 1.165) is 11.1 Å². The molecule has 1 aliphatic rings. The number of carboxylic acids is 1. The van der Waals surface area contributed by atoms with Crippen LogP contribution in [0.3, 0.4) is 0 Å². The zero-order valence-electron chi connectivity index (χ0n) is 15.2. The van der Waals surface area contributed by atoms with Crippen LogP contribution in [0.4, 0.5) is 11.5 Å². The third-order valence-electron chi connectivity index (χ3n) is 4.36. The van der Waals surface area contributed by atoms with Crippen molar-refractivity contribution in [2.24, 2.45) is 16.5 Å². The summed E-state index contributed by atoms with van der Waals surface area (Å²) in [6, 6.07) is 4.37. The van der Waals surface area contributed by atoms with Crippen LogP contribution in [0.25, 0.3) is 5.69 Å². The highest BCUT2D eigenvalue weighted by Crippen LogP contribution is 2.33. The first-order valence-electron chi connectivity index (χ1n) is 8.44. The predicted octanol–water partition coefficient (Wildman–Crippen LogP) is 1.34. The van der Waals surface area contributed by atoms with E-state index in [1.165, 1.54) is 29.3 Å². The van der Waals surface area contributed by atoms with Crippen molar-refractivity contribution < 1.29 is 9.90 Å². The molecule has 1 aromatic carbocycles. The molecular weight excluding hydrogens is 366 g/mol. The summed E-state index contributed by atoms with van der Waals surface area (Å²) < 4.78 is 1.44. The van der Waals surface area contributed by atoms with Gasteiger partial charge in [-0.1, -0.05) is 0 Å². The number of benzene rings is 1. The Hall–Kier alpha value is -2.72. The summed E-state index contributed by atoms with van der Waals surface area (Å²) in [7, 11) is 0. The molecule has 0 bridgehead atoms. The van der Waals surface area contributed by atoms with Crippen molar-refractivity contribution in [1.82, 2.24) is 15.1 Å². The van der Waals surface area contributed by atoms with Crippen LogP contribution in [0.5, 0.6) is 0 Å². The van der Waals surface area contributed by atoms with Gasteiger partial charge in [-0.3, -0.25) is 0 Å². The van der Waals surface area contributed by atoms with E-state index < -0.39 is 5.97 Å². The largest absolute Gasteiger partial charge is 0.477 e. The highest BCUT2D eigenvalue weighted by Gasteiger charge is 2.24. The maximum absolute atomic E-state index is 11.6.